The van der Waals surface area contributed by atoms with Gasteiger partial charge in [-0.25, -0.2) is 9.69 Å². The monoisotopic (exact) mass is 472 g/mol. The van der Waals surface area contributed by atoms with Crippen molar-refractivity contribution in [2.24, 2.45) is 0 Å². The van der Waals surface area contributed by atoms with Crippen molar-refractivity contribution in [2.75, 3.05) is 18.1 Å². The number of amides is 3. The molecule has 0 aliphatic carbocycles. The van der Waals surface area contributed by atoms with Gasteiger partial charge in [-0.15, -0.1) is 0 Å². The molecule has 2 aromatic rings. The van der Waals surface area contributed by atoms with E-state index in [1.807, 2.05) is 94.4 Å². The van der Waals surface area contributed by atoms with Gasteiger partial charge in [-0.3, -0.25) is 9.59 Å². The number of carbonyl (C=O) groups is 3. The molecule has 2 aromatic carbocycles. The van der Waals surface area contributed by atoms with E-state index in [1.165, 1.54) is 4.90 Å². The lowest BCUT2D eigenvalue weighted by Crippen LogP contribution is -2.45. The molecule has 2 atom stereocenters. The van der Waals surface area contributed by atoms with Gasteiger partial charge in [0.05, 0.1) is 5.41 Å². The molecular weight excluding hydrogens is 440 g/mol. The van der Waals surface area contributed by atoms with E-state index in [-0.39, 0.29) is 18.9 Å². The van der Waals surface area contributed by atoms with Crippen LogP contribution in [0.4, 0.5) is 10.5 Å². The van der Waals surface area contributed by atoms with Crippen LogP contribution >= 0.6 is 0 Å². The fourth-order valence-corrected chi connectivity index (χ4v) is 4.83. The number of ether oxygens (including phenoxy) is 1. The highest BCUT2D eigenvalue weighted by molar-refractivity contribution is 6.11. The highest BCUT2D eigenvalue weighted by atomic mass is 16.6. The number of carbonyl (C=O) groups excluding carboxylic acids is 3. The number of cyclic esters (lactones) is 1. The second-order valence-corrected chi connectivity index (χ2v) is 9.73. The van der Waals surface area contributed by atoms with Gasteiger partial charge in [-0.2, -0.15) is 0 Å². The van der Waals surface area contributed by atoms with E-state index in [0.717, 1.165) is 28.0 Å². The summed E-state index contributed by atoms with van der Waals surface area (Å²) in [5, 5.41) is 0. The van der Waals surface area contributed by atoms with E-state index in [0.29, 0.717) is 13.0 Å². The van der Waals surface area contributed by atoms with Gasteiger partial charge in [0.25, 0.3) is 0 Å². The summed E-state index contributed by atoms with van der Waals surface area (Å²) in [6.45, 7) is 8.48. The number of anilines is 1. The third-order valence-electron chi connectivity index (χ3n) is 6.68. The molecular formula is C29H32N2O4. The maximum atomic E-state index is 14.1. The molecule has 182 valence electrons. The first-order valence-electron chi connectivity index (χ1n) is 12.0. The number of hydrogen-bond acceptors (Lipinski definition) is 4. The summed E-state index contributed by atoms with van der Waals surface area (Å²) in [4.78, 5) is 43.5. The van der Waals surface area contributed by atoms with Crippen molar-refractivity contribution < 1.29 is 19.1 Å². The van der Waals surface area contributed by atoms with Crippen LogP contribution in [0.2, 0.25) is 0 Å². The van der Waals surface area contributed by atoms with Crippen LogP contribution in [0.1, 0.15) is 57.7 Å². The number of fused-ring (bicyclic) bond motifs is 1. The number of allylic oxidation sites excluding steroid dienone is 3. The lowest BCUT2D eigenvalue weighted by Gasteiger charge is -2.30. The minimum atomic E-state index is -1.09. The predicted molar refractivity (Wildman–Crippen MR) is 136 cm³/mol. The summed E-state index contributed by atoms with van der Waals surface area (Å²) in [6, 6.07) is 16.5. The maximum absolute atomic E-state index is 14.1. The molecule has 0 spiro atoms. The zero-order chi connectivity index (χ0) is 25.2. The molecule has 0 aromatic heterocycles. The molecule has 3 amide bonds. The largest absolute Gasteiger partial charge is 0.446 e. The number of hydrogen-bond donors (Lipinski definition) is 0. The van der Waals surface area contributed by atoms with E-state index < -0.39 is 23.5 Å². The fourth-order valence-electron chi connectivity index (χ4n) is 4.83. The standard InChI is InChI=1S/C29H32N2O4/c1-20(2)14-16-29(23-12-8-9-13-24(23)30(27(29)33)17-15-21(3)4)18-26(32)31-25(19-35-28(31)34)22-10-6-5-7-11-22/h5-15,25H,16-19H2,1-4H3/t25-,29-/m1/s1. The minimum absolute atomic E-state index is 0.104. The van der Waals surface area contributed by atoms with Crippen molar-refractivity contribution in [1.29, 1.82) is 0 Å². The Labute approximate surface area is 206 Å². The fraction of sp³-hybridized carbons (Fsp3) is 0.345. The van der Waals surface area contributed by atoms with Gasteiger partial charge in [-0.05, 0) is 51.3 Å². The van der Waals surface area contributed by atoms with Gasteiger partial charge < -0.3 is 9.64 Å². The molecule has 2 aliphatic rings. The lowest BCUT2D eigenvalue weighted by atomic mass is 9.75. The molecule has 0 saturated carbocycles. The summed E-state index contributed by atoms with van der Waals surface area (Å²) in [7, 11) is 0. The highest BCUT2D eigenvalue weighted by Gasteiger charge is 2.53. The summed E-state index contributed by atoms with van der Waals surface area (Å²) in [6.07, 6.45) is 3.61. The van der Waals surface area contributed by atoms with Gasteiger partial charge >= 0.3 is 6.09 Å². The summed E-state index contributed by atoms with van der Waals surface area (Å²) < 4.78 is 5.28. The molecule has 4 rings (SSSR count). The lowest BCUT2D eigenvalue weighted by molar-refractivity contribution is -0.134. The molecule has 1 saturated heterocycles. The first-order chi connectivity index (χ1) is 16.7. The Balaban J connectivity index is 1.75. The molecule has 0 unspecified atom stereocenters. The average Bonchev–Trinajstić information content (AvgIpc) is 3.33. The summed E-state index contributed by atoms with van der Waals surface area (Å²) in [5.41, 5.74) is 3.54. The molecule has 0 radical (unpaired) electrons. The van der Waals surface area contributed by atoms with E-state index in [9.17, 15) is 14.4 Å². The zero-order valence-electron chi connectivity index (χ0n) is 20.8. The van der Waals surface area contributed by atoms with Crippen LogP contribution in [-0.2, 0) is 19.7 Å². The van der Waals surface area contributed by atoms with Gasteiger partial charge in [0.2, 0.25) is 11.8 Å². The van der Waals surface area contributed by atoms with Gasteiger partial charge in [0.1, 0.15) is 12.6 Å². The number of rotatable bonds is 7. The van der Waals surface area contributed by atoms with Crippen molar-refractivity contribution in [2.45, 2.75) is 52.0 Å². The number of benzene rings is 2. The first-order valence-corrected chi connectivity index (χ1v) is 12.0. The van der Waals surface area contributed by atoms with Crippen LogP contribution in [0.25, 0.3) is 0 Å². The van der Waals surface area contributed by atoms with Crippen molar-refractivity contribution in [1.82, 2.24) is 4.90 Å². The summed E-state index contributed by atoms with van der Waals surface area (Å²) in [5.74, 6) is -0.526. The topological polar surface area (TPSA) is 66.9 Å². The van der Waals surface area contributed by atoms with Gasteiger partial charge in [-0.1, -0.05) is 71.8 Å². The van der Waals surface area contributed by atoms with Gasteiger partial charge in [0.15, 0.2) is 0 Å². The van der Waals surface area contributed by atoms with Crippen molar-refractivity contribution in [3.8, 4) is 0 Å². The molecule has 0 N–H and O–H groups in total. The highest BCUT2D eigenvalue weighted by Crippen LogP contribution is 2.47. The Morgan fingerprint density at radius 3 is 2.31 bits per heavy atom. The van der Waals surface area contributed by atoms with E-state index >= 15 is 0 Å². The number of imide groups is 1. The van der Waals surface area contributed by atoms with E-state index in [4.69, 9.17) is 4.74 Å². The molecule has 6 heteroatoms. The van der Waals surface area contributed by atoms with Crippen molar-refractivity contribution in [3.05, 3.63) is 89.0 Å². The third-order valence-corrected chi connectivity index (χ3v) is 6.68. The Kier molecular flexibility index (Phi) is 6.92. The zero-order valence-corrected chi connectivity index (χ0v) is 20.8. The summed E-state index contributed by atoms with van der Waals surface area (Å²) >= 11 is 0. The average molecular weight is 473 g/mol. The Morgan fingerprint density at radius 1 is 0.971 bits per heavy atom. The Morgan fingerprint density at radius 2 is 1.63 bits per heavy atom. The van der Waals surface area contributed by atoms with Crippen LogP contribution < -0.4 is 4.90 Å². The first kappa shape index (κ1) is 24.5. The second kappa shape index (κ2) is 9.90. The molecule has 1 fully saturated rings. The van der Waals surface area contributed by atoms with Crippen LogP contribution in [-0.4, -0.2) is 36.0 Å². The van der Waals surface area contributed by atoms with Crippen LogP contribution in [0.5, 0.6) is 0 Å². The predicted octanol–water partition coefficient (Wildman–Crippen LogP) is 5.70. The Bertz CT molecular complexity index is 1190. The molecule has 2 aliphatic heterocycles. The maximum Gasteiger partial charge on any atom is 0.417 e. The molecule has 0 bridgehead atoms. The van der Waals surface area contributed by atoms with Crippen LogP contribution in [0.3, 0.4) is 0 Å². The van der Waals surface area contributed by atoms with Crippen LogP contribution in [0.15, 0.2) is 77.9 Å². The second-order valence-electron chi connectivity index (χ2n) is 9.73. The molecule has 35 heavy (non-hydrogen) atoms. The van der Waals surface area contributed by atoms with Crippen molar-refractivity contribution in [3.63, 3.8) is 0 Å². The SMILES string of the molecule is CC(C)=CCN1C(=O)[C@](CC=C(C)C)(CC(=O)N2C(=O)OC[C@@H]2c2ccccc2)c2ccccc21. The van der Waals surface area contributed by atoms with Crippen LogP contribution in [0, 0.1) is 0 Å². The molecule has 6 nitrogen and oxygen atoms in total. The van der Waals surface area contributed by atoms with Crippen molar-refractivity contribution >= 4 is 23.6 Å². The third kappa shape index (κ3) is 4.65. The van der Waals surface area contributed by atoms with Gasteiger partial charge in [0, 0.05) is 18.7 Å². The minimum Gasteiger partial charge on any atom is -0.446 e. The Hall–Kier alpha value is -3.67. The smallest absolute Gasteiger partial charge is 0.417 e. The molecule has 2 heterocycles. The normalized spacial score (nSPS) is 21.0. The number of nitrogens with zero attached hydrogens (tertiary/aromatic N) is 2. The van der Waals surface area contributed by atoms with E-state index in [2.05, 4.69) is 0 Å². The quantitative estimate of drug-likeness (QED) is 0.485. The number of para-hydroxylation sites is 1. The van der Waals surface area contributed by atoms with E-state index in [1.54, 1.807) is 4.90 Å².